The van der Waals surface area contributed by atoms with Crippen molar-refractivity contribution < 1.29 is 4.79 Å². The minimum atomic E-state index is -1.92. The van der Waals surface area contributed by atoms with Crippen molar-refractivity contribution in [2.24, 2.45) is 0 Å². The van der Waals surface area contributed by atoms with Gasteiger partial charge in [-0.2, -0.15) is 0 Å². The van der Waals surface area contributed by atoms with Crippen LogP contribution in [0.4, 0.5) is 5.69 Å². The van der Waals surface area contributed by atoms with Crippen molar-refractivity contribution in [2.75, 3.05) is 25.0 Å². The van der Waals surface area contributed by atoms with E-state index in [1.165, 1.54) is 21.6 Å². The van der Waals surface area contributed by atoms with Crippen LogP contribution in [0.1, 0.15) is 21.5 Å². The van der Waals surface area contributed by atoms with E-state index in [0.717, 1.165) is 30.6 Å². The third-order valence-corrected chi connectivity index (χ3v) is 9.90. The topological polar surface area (TPSA) is 23.6 Å². The fraction of sp³-hybridized carbons (Fsp3) is 0.292. The zero-order chi connectivity index (χ0) is 20.1. The van der Waals surface area contributed by atoms with Crippen LogP contribution >= 0.6 is 0 Å². The van der Waals surface area contributed by atoms with Crippen LogP contribution in [0.2, 0.25) is 13.1 Å². The molecule has 0 amide bonds. The van der Waals surface area contributed by atoms with Gasteiger partial charge in [-0.25, -0.2) is 0 Å². The zero-order valence-electron chi connectivity index (χ0n) is 17.0. The van der Waals surface area contributed by atoms with Gasteiger partial charge < -0.3 is 4.90 Å². The van der Waals surface area contributed by atoms with Crippen molar-refractivity contribution >= 4 is 29.9 Å². The summed E-state index contributed by atoms with van der Waals surface area (Å²) in [5, 5.41) is 2.52. The summed E-state index contributed by atoms with van der Waals surface area (Å²) in [6, 6.07) is 12.7. The Bertz CT molecular complexity index is 969. The van der Waals surface area contributed by atoms with Gasteiger partial charge in [-0.05, 0) is 28.1 Å². The molecule has 0 aliphatic carbocycles. The fourth-order valence-electron chi connectivity index (χ4n) is 4.86. The molecule has 4 rings (SSSR count). The highest BCUT2D eigenvalue weighted by Crippen LogP contribution is 2.35. The van der Waals surface area contributed by atoms with Crippen molar-refractivity contribution in [1.82, 2.24) is 4.90 Å². The molecule has 0 saturated carbocycles. The number of fused-ring (bicyclic) bond motifs is 3. The van der Waals surface area contributed by atoms with Crippen LogP contribution in [0.3, 0.4) is 0 Å². The maximum atomic E-state index is 13.3. The summed E-state index contributed by atoms with van der Waals surface area (Å²) >= 11 is 0. The summed E-state index contributed by atoms with van der Waals surface area (Å²) in [7, 11) is 0.243. The van der Waals surface area contributed by atoms with E-state index in [4.69, 9.17) is 0 Å². The van der Waals surface area contributed by atoms with Crippen molar-refractivity contribution in [2.45, 2.75) is 25.7 Å². The van der Waals surface area contributed by atoms with Gasteiger partial charge in [-0.3, -0.25) is 9.69 Å². The molecule has 2 aliphatic heterocycles. The largest absolute Gasteiger partial charge is 0.358 e. The molecule has 2 aliphatic rings. The van der Waals surface area contributed by atoms with E-state index in [9.17, 15) is 4.79 Å². The van der Waals surface area contributed by atoms with Gasteiger partial charge in [-0.1, -0.05) is 49.5 Å². The van der Waals surface area contributed by atoms with Gasteiger partial charge in [0.1, 0.15) is 8.07 Å². The molecule has 0 N–H and O–H groups in total. The van der Waals surface area contributed by atoms with Gasteiger partial charge in [0.05, 0.1) is 6.17 Å². The number of nitrogens with zero attached hydrogens (tertiary/aromatic N) is 2. The minimum Gasteiger partial charge on any atom is -0.358 e. The van der Waals surface area contributed by atoms with E-state index < -0.39 is 8.07 Å². The predicted molar refractivity (Wildman–Crippen MR) is 121 cm³/mol. The molecule has 0 spiro atoms. The average molecular weight is 389 g/mol. The van der Waals surface area contributed by atoms with Crippen LogP contribution < -0.4 is 15.3 Å². The first kappa shape index (κ1) is 18.9. The molecule has 0 fully saturated rings. The second-order valence-corrected chi connectivity index (χ2v) is 12.7. The minimum absolute atomic E-state index is 0.181. The van der Waals surface area contributed by atoms with E-state index in [1.807, 2.05) is 24.3 Å². The molecule has 28 heavy (non-hydrogen) atoms. The lowest BCUT2D eigenvalue weighted by atomic mass is 9.99. The molecule has 0 radical (unpaired) electrons. The second kappa shape index (κ2) is 6.87. The highest BCUT2D eigenvalue weighted by molar-refractivity contribution is 7.02. The van der Waals surface area contributed by atoms with E-state index >= 15 is 0 Å². The number of carbonyl (C=O) groups is 1. The van der Waals surface area contributed by atoms with E-state index in [2.05, 4.69) is 67.4 Å². The van der Waals surface area contributed by atoms with Gasteiger partial charge in [0.2, 0.25) is 0 Å². The van der Waals surface area contributed by atoms with Crippen LogP contribution in [0.25, 0.3) is 0 Å². The molecule has 2 aromatic carbocycles. The lowest BCUT2D eigenvalue weighted by Crippen LogP contribution is -2.59. The van der Waals surface area contributed by atoms with Crippen molar-refractivity contribution in [3.63, 3.8) is 0 Å². The molecule has 2 heterocycles. The Morgan fingerprint density at radius 1 is 1.11 bits per heavy atom. The third kappa shape index (κ3) is 2.71. The van der Waals surface area contributed by atoms with E-state index in [1.54, 1.807) is 0 Å². The van der Waals surface area contributed by atoms with Gasteiger partial charge in [-0.15, -0.1) is 13.2 Å². The molecule has 0 saturated heterocycles. The monoisotopic (exact) mass is 388 g/mol. The number of benzene rings is 2. The summed E-state index contributed by atoms with van der Waals surface area (Å²) in [4.78, 5) is 18.0. The van der Waals surface area contributed by atoms with Crippen LogP contribution in [-0.2, 0) is 6.42 Å². The Balaban J connectivity index is 1.80. The number of hydrogen-bond donors (Lipinski definition) is 0. The summed E-state index contributed by atoms with van der Waals surface area (Å²) < 4.78 is 0. The van der Waals surface area contributed by atoms with Crippen LogP contribution in [0.15, 0.2) is 61.7 Å². The molecule has 2 aromatic rings. The smallest absolute Gasteiger partial charge is 0.192 e. The lowest BCUT2D eigenvalue weighted by Gasteiger charge is -2.35. The Labute approximate surface area is 169 Å². The van der Waals surface area contributed by atoms with Gasteiger partial charge in [0, 0.05) is 43.4 Å². The van der Waals surface area contributed by atoms with Gasteiger partial charge in [0.15, 0.2) is 5.78 Å². The standard InChI is InChI=1S/C24H28N2OSi/c1-6-12-26(13-7-2)23-15-17-14-19-22(16-20(17)25(23)3)28(4,5)21-11-9-8-10-18(21)24(19)27/h6-11,14,16,23H,1-2,12-13,15H2,3-5H3. The molecule has 0 bridgehead atoms. The highest BCUT2D eigenvalue weighted by atomic mass is 28.3. The molecule has 144 valence electrons. The summed E-state index contributed by atoms with van der Waals surface area (Å²) in [5.41, 5.74) is 4.34. The number of likely N-dealkylation sites (N-methyl/N-ethyl adjacent to an activating group) is 1. The first-order valence-electron chi connectivity index (χ1n) is 9.90. The number of carbonyl (C=O) groups excluding carboxylic acids is 1. The number of rotatable bonds is 5. The van der Waals surface area contributed by atoms with Crippen molar-refractivity contribution in [1.29, 1.82) is 0 Å². The number of anilines is 1. The predicted octanol–water partition coefficient (Wildman–Crippen LogP) is 3.05. The molecule has 4 heteroatoms. The summed E-state index contributed by atoms with van der Waals surface area (Å²) in [6.45, 7) is 14.2. The Kier molecular flexibility index (Phi) is 4.64. The first-order chi connectivity index (χ1) is 13.4. The Hall–Kier alpha value is -2.43. The zero-order valence-corrected chi connectivity index (χ0v) is 18.0. The maximum Gasteiger partial charge on any atom is 0.192 e. The first-order valence-corrected chi connectivity index (χ1v) is 12.9. The van der Waals surface area contributed by atoms with E-state index in [0.29, 0.717) is 0 Å². The molecule has 1 atom stereocenters. The Morgan fingerprint density at radius 2 is 1.79 bits per heavy atom. The fourth-order valence-corrected chi connectivity index (χ4v) is 7.89. The molecule has 0 aromatic heterocycles. The second-order valence-electron chi connectivity index (χ2n) is 8.35. The van der Waals surface area contributed by atoms with Crippen LogP contribution in [-0.4, -0.2) is 45.1 Å². The van der Waals surface area contributed by atoms with Crippen molar-refractivity contribution in [3.05, 3.63) is 78.4 Å². The SMILES string of the molecule is C=CCN(CC=C)C1Cc2cc3c(cc2N1C)[Si](C)(C)c1ccccc1C3=O. The van der Waals surface area contributed by atoms with Gasteiger partial charge in [0.25, 0.3) is 0 Å². The third-order valence-electron chi connectivity index (χ3n) is 6.36. The lowest BCUT2D eigenvalue weighted by molar-refractivity contribution is 0.104. The molecular weight excluding hydrogens is 360 g/mol. The average Bonchev–Trinajstić information content (AvgIpc) is 3.01. The van der Waals surface area contributed by atoms with Crippen molar-refractivity contribution in [3.8, 4) is 0 Å². The highest BCUT2D eigenvalue weighted by Gasteiger charge is 2.41. The Morgan fingerprint density at radius 3 is 2.46 bits per heavy atom. The summed E-state index contributed by atoms with van der Waals surface area (Å²) in [5.74, 6) is 0.181. The molecule has 3 nitrogen and oxygen atoms in total. The molecular formula is C24H28N2OSi. The number of hydrogen-bond acceptors (Lipinski definition) is 3. The van der Waals surface area contributed by atoms with E-state index in [-0.39, 0.29) is 11.9 Å². The van der Waals surface area contributed by atoms with Gasteiger partial charge >= 0.3 is 0 Å². The summed E-state index contributed by atoms with van der Waals surface area (Å²) in [6.07, 6.45) is 5.07. The van der Waals surface area contributed by atoms with Crippen LogP contribution in [0, 0.1) is 0 Å². The normalized spacial score (nSPS) is 19.2. The van der Waals surface area contributed by atoms with Crippen LogP contribution in [0.5, 0.6) is 0 Å². The molecule has 1 unspecified atom stereocenters. The quantitative estimate of drug-likeness (QED) is 0.581. The maximum absolute atomic E-state index is 13.3. The number of ketones is 1.